The zero-order valence-electron chi connectivity index (χ0n) is 11.9. The molecule has 7 nitrogen and oxygen atoms in total. The maximum atomic E-state index is 5.98. The molecule has 21 heavy (non-hydrogen) atoms. The van der Waals surface area contributed by atoms with Crippen LogP contribution in [0.4, 0.5) is 0 Å². The van der Waals surface area contributed by atoms with Crippen LogP contribution in [0.25, 0.3) is 0 Å². The first-order chi connectivity index (χ1) is 10.2. The predicted octanol–water partition coefficient (Wildman–Crippen LogP) is 0.743. The van der Waals surface area contributed by atoms with E-state index >= 15 is 0 Å². The lowest BCUT2D eigenvalue weighted by molar-refractivity contribution is 0.262. The topological polar surface area (TPSA) is 90.4 Å². The molecule has 1 aliphatic rings. The van der Waals surface area contributed by atoms with Crippen LogP contribution in [0.5, 0.6) is 5.75 Å². The average molecular weight is 286 g/mol. The van der Waals surface area contributed by atoms with Crippen molar-refractivity contribution >= 4 is 5.96 Å². The van der Waals surface area contributed by atoms with Gasteiger partial charge in [-0.1, -0.05) is 23.4 Å². The number of nitrogens with zero attached hydrogens (tertiary/aromatic N) is 4. The second kappa shape index (κ2) is 5.82. The third-order valence-electron chi connectivity index (χ3n) is 3.50. The summed E-state index contributed by atoms with van der Waals surface area (Å²) < 4.78 is 7.31. The summed E-state index contributed by atoms with van der Waals surface area (Å²) in [5.41, 5.74) is 8.00. The van der Waals surface area contributed by atoms with Gasteiger partial charge in [-0.3, -0.25) is 4.68 Å². The summed E-state index contributed by atoms with van der Waals surface area (Å²) in [5.74, 6) is 1.32. The molecule has 1 unspecified atom stereocenters. The number of hydrogen-bond donors (Lipinski definition) is 2. The normalized spacial score (nSPS) is 18.0. The molecule has 110 valence electrons. The number of nitrogens with two attached hydrogens (primary N) is 1. The van der Waals surface area contributed by atoms with Crippen LogP contribution in [0.3, 0.4) is 0 Å². The fourth-order valence-electron chi connectivity index (χ4n) is 2.34. The molecular formula is C14H18N6O. The molecule has 0 aliphatic carbocycles. The number of hydrogen-bond acceptors (Lipinski definition) is 4. The van der Waals surface area contributed by atoms with Gasteiger partial charge in [0.05, 0.1) is 31.1 Å². The van der Waals surface area contributed by atoms with Gasteiger partial charge >= 0.3 is 0 Å². The largest absolute Gasteiger partial charge is 0.493 e. The van der Waals surface area contributed by atoms with E-state index in [1.165, 1.54) is 0 Å². The van der Waals surface area contributed by atoms with Gasteiger partial charge in [0.2, 0.25) is 0 Å². The summed E-state index contributed by atoms with van der Waals surface area (Å²) in [7, 11) is 1.83. The van der Waals surface area contributed by atoms with Gasteiger partial charge in [0.25, 0.3) is 0 Å². The molecule has 0 bridgehead atoms. The van der Waals surface area contributed by atoms with Gasteiger partial charge in [0.1, 0.15) is 5.75 Å². The third-order valence-corrected chi connectivity index (χ3v) is 3.50. The Labute approximate surface area is 122 Å². The van der Waals surface area contributed by atoms with Crippen LogP contribution in [0.15, 0.2) is 35.5 Å². The van der Waals surface area contributed by atoms with Crippen molar-refractivity contribution in [3.63, 3.8) is 0 Å². The number of aryl methyl sites for hydroxylation is 1. The molecule has 0 fully saturated rings. The average Bonchev–Trinajstić information content (AvgIpc) is 2.91. The van der Waals surface area contributed by atoms with Crippen LogP contribution in [0.2, 0.25) is 0 Å². The van der Waals surface area contributed by atoms with E-state index in [2.05, 4.69) is 20.6 Å². The fraction of sp³-hybridized carbons (Fsp3) is 0.357. The van der Waals surface area contributed by atoms with Crippen LogP contribution in [0.1, 0.15) is 23.7 Å². The highest BCUT2D eigenvalue weighted by Crippen LogP contribution is 2.31. The summed E-state index contributed by atoms with van der Waals surface area (Å²) in [6.45, 7) is 1.13. The van der Waals surface area contributed by atoms with Gasteiger partial charge in [-0.25, -0.2) is 4.99 Å². The minimum Gasteiger partial charge on any atom is -0.493 e. The van der Waals surface area contributed by atoms with Gasteiger partial charge in [0.15, 0.2) is 5.96 Å². The molecule has 1 aromatic carbocycles. The summed E-state index contributed by atoms with van der Waals surface area (Å²) in [4.78, 5) is 4.34. The Morgan fingerprint density at radius 1 is 1.52 bits per heavy atom. The van der Waals surface area contributed by atoms with Gasteiger partial charge in [-0.2, -0.15) is 0 Å². The van der Waals surface area contributed by atoms with Crippen molar-refractivity contribution < 1.29 is 4.74 Å². The van der Waals surface area contributed by atoms with Crippen molar-refractivity contribution in [3.05, 3.63) is 41.7 Å². The van der Waals surface area contributed by atoms with Gasteiger partial charge < -0.3 is 15.8 Å². The lowest BCUT2D eigenvalue weighted by Gasteiger charge is -2.26. The Balaban J connectivity index is 1.68. The smallest absolute Gasteiger partial charge is 0.189 e. The lowest BCUT2D eigenvalue weighted by atomic mass is 10.0. The van der Waals surface area contributed by atoms with Gasteiger partial charge in [-0.15, -0.1) is 5.10 Å². The Hall–Kier alpha value is -2.57. The number of benzene rings is 1. The Kier molecular flexibility index (Phi) is 3.72. The standard InChI is InChI=1S/C14H18N6O/c1-20-10(9-17-19-20)8-16-14(15)18-12-6-7-21-13-5-3-2-4-11(12)13/h2-5,9,12H,6-8H2,1H3,(H3,15,16,18). The predicted molar refractivity (Wildman–Crippen MR) is 78.8 cm³/mol. The zero-order chi connectivity index (χ0) is 14.7. The van der Waals surface area contributed by atoms with E-state index in [9.17, 15) is 0 Å². The van der Waals surface area contributed by atoms with Crippen molar-refractivity contribution in [2.24, 2.45) is 17.8 Å². The minimum atomic E-state index is 0.128. The van der Waals surface area contributed by atoms with Crippen LogP contribution in [-0.4, -0.2) is 27.6 Å². The second-order valence-electron chi connectivity index (χ2n) is 4.92. The highest BCUT2D eigenvalue weighted by atomic mass is 16.5. The summed E-state index contributed by atoms with van der Waals surface area (Å²) in [6.07, 6.45) is 2.54. The number of nitrogens with one attached hydrogen (secondary N) is 1. The number of rotatable bonds is 3. The molecule has 0 amide bonds. The SMILES string of the molecule is Cn1nncc1CN=C(N)NC1CCOc2ccccc21. The molecule has 7 heteroatoms. The molecule has 3 rings (SSSR count). The molecule has 0 saturated heterocycles. The van der Waals surface area contributed by atoms with Crippen LogP contribution >= 0.6 is 0 Å². The Bertz CT molecular complexity index is 650. The summed E-state index contributed by atoms with van der Waals surface area (Å²) in [6, 6.07) is 8.11. The van der Waals surface area contributed by atoms with E-state index in [1.807, 2.05) is 31.3 Å². The highest BCUT2D eigenvalue weighted by molar-refractivity contribution is 5.78. The van der Waals surface area contributed by atoms with Gasteiger partial charge in [-0.05, 0) is 6.07 Å². The molecule has 2 heterocycles. The van der Waals surface area contributed by atoms with E-state index in [4.69, 9.17) is 10.5 Å². The van der Waals surface area contributed by atoms with Crippen molar-refractivity contribution in [2.45, 2.75) is 19.0 Å². The molecule has 0 radical (unpaired) electrons. The third kappa shape index (κ3) is 2.96. The number of guanidine groups is 1. The monoisotopic (exact) mass is 286 g/mol. The van der Waals surface area contributed by atoms with E-state index in [1.54, 1.807) is 10.9 Å². The van der Waals surface area contributed by atoms with Crippen LogP contribution < -0.4 is 15.8 Å². The van der Waals surface area contributed by atoms with Crippen molar-refractivity contribution in [3.8, 4) is 5.75 Å². The lowest BCUT2D eigenvalue weighted by Crippen LogP contribution is -2.37. The van der Waals surface area contributed by atoms with Gasteiger partial charge in [0, 0.05) is 19.0 Å². The molecule has 0 spiro atoms. The fourth-order valence-corrected chi connectivity index (χ4v) is 2.34. The Morgan fingerprint density at radius 2 is 2.38 bits per heavy atom. The summed E-state index contributed by atoms with van der Waals surface area (Å²) >= 11 is 0. The Morgan fingerprint density at radius 3 is 3.19 bits per heavy atom. The van der Waals surface area contributed by atoms with E-state index < -0.39 is 0 Å². The van der Waals surface area contributed by atoms with Crippen molar-refractivity contribution in [1.29, 1.82) is 0 Å². The molecule has 3 N–H and O–H groups in total. The summed E-state index contributed by atoms with van der Waals surface area (Å²) in [5, 5.41) is 10.9. The minimum absolute atomic E-state index is 0.128. The molecule has 1 aliphatic heterocycles. The first kappa shape index (κ1) is 13.4. The first-order valence-corrected chi connectivity index (χ1v) is 6.86. The number of fused-ring (bicyclic) bond motifs is 1. The second-order valence-corrected chi connectivity index (χ2v) is 4.92. The van der Waals surface area contributed by atoms with Crippen molar-refractivity contribution in [2.75, 3.05) is 6.61 Å². The number of para-hydroxylation sites is 1. The number of aliphatic imine (C=N–C) groups is 1. The van der Waals surface area contributed by atoms with E-state index in [0.29, 0.717) is 19.1 Å². The van der Waals surface area contributed by atoms with Crippen molar-refractivity contribution in [1.82, 2.24) is 20.3 Å². The molecule has 2 aromatic rings. The van der Waals surface area contributed by atoms with Crippen LogP contribution in [-0.2, 0) is 13.6 Å². The molecule has 0 saturated carbocycles. The number of ether oxygens (including phenoxy) is 1. The maximum absolute atomic E-state index is 5.98. The first-order valence-electron chi connectivity index (χ1n) is 6.86. The van der Waals surface area contributed by atoms with E-state index in [0.717, 1.165) is 23.4 Å². The zero-order valence-corrected chi connectivity index (χ0v) is 11.9. The molecular weight excluding hydrogens is 268 g/mol. The number of aromatic nitrogens is 3. The van der Waals surface area contributed by atoms with E-state index in [-0.39, 0.29) is 6.04 Å². The van der Waals surface area contributed by atoms with Crippen LogP contribution in [0, 0.1) is 0 Å². The highest BCUT2D eigenvalue weighted by Gasteiger charge is 2.21. The maximum Gasteiger partial charge on any atom is 0.189 e. The molecule has 1 atom stereocenters. The quantitative estimate of drug-likeness (QED) is 0.641. The molecule has 1 aromatic heterocycles.